The smallest absolute Gasteiger partial charge is 0.378 e. The molecular weight excluding hydrogens is 748 g/mol. The fraction of sp³-hybridized carbons (Fsp3) is 0.575. The third kappa shape index (κ3) is 8.74. The third-order valence-corrected chi connectivity index (χ3v) is 12.2. The van der Waals surface area contributed by atoms with Gasteiger partial charge in [0.05, 0.1) is 36.0 Å². The first-order valence-electron chi connectivity index (χ1n) is 19.2. The number of alkyl halides is 3. The minimum atomic E-state index is -4.82. The second-order valence-electron chi connectivity index (χ2n) is 16.0. The number of halogens is 3. The van der Waals surface area contributed by atoms with Crippen LogP contribution in [0.1, 0.15) is 108 Å². The molecule has 0 spiro atoms. The number of nitriles is 1. The maximum atomic E-state index is 13.7. The Balaban J connectivity index is 0.942. The van der Waals surface area contributed by atoms with E-state index < -0.39 is 28.9 Å². The summed E-state index contributed by atoms with van der Waals surface area (Å²) in [5, 5.41) is 14.6. The first-order chi connectivity index (χ1) is 26.5. The van der Waals surface area contributed by atoms with Crippen LogP contribution in [0.3, 0.4) is 0 Å². The molecule has 12 nitrogen and oxygen atoms in total. The van der Waals surface area contributed by atoms with Gasteiger partial charge in [0.2, 0.25) is 17.7 Å². The highest BCUT2D eigenvalue weighted by Crippen LogP contribution is 2.40. The summed E-state index contributed by atoms with van der Waals surface area (Å²) >= 11 is 5.71. The van der Waals surface area contributed by atoms with Gasteiger partial charge in [-0.2, -0.15) is 18.4 Å². The van der Waals surface area contributed by atoms with Crippen molar-refractivity contribution in [3.8, 4) is 6.07 Å². The number of aromatic nitrogens is 1. The van der Waals surface area contributed by atoms with Gasteiger partial charge in [0.15, 0.2) is 10.8 Å². The van der Waals surface area contributed by atoms with Crippen molar-refractivity contribution in [1.82, 2.24) is 20.1 Å². The Labute approximate surface area is 330 Å². The zero-order valence-corrected chi connectivity index (χ0v) is 32.8. The highest BCUT2D eigenvalue weighted by atomic mass is 32.1. The van der Waals surface area contributed by atoms with Crippen LogP contribution in [0.4, 0.5) is 24.5 Å². The predicted molar refractivity (Wildman–Crippen MR) is 205 cm³/mol. The molecule has 4 amide bonds. The van der Waals surface area contributed by atoms with Crippen molar-refractivity contribution in [1.29, 1.82) is 5.26 Å². The van der Waals surface area contributed by atoms with Crippen LogP contribution in [0.5, 0.6) is 0 Å². The molecule has 1 aliphatic carbocycles. The zero-order chi connectivity index (χ0) is 40.5. The number of benzene rings is 1. The molecule has 1 aromatic heterocycles. The van der Waals surface area contributed by atoms with Crippen molar-refractivity contribution in [3.63, 3.8) is 0 Å². The molecule has 1 aromatic carbocycles. The molecule has 3 atom stereocenters. The number of nitrogens with one attached hydrogen (secondary N) is 2. The van der Waals surface area contributed by atoms with Crippen LogP contribution in [-0.4, -0.2) is 86.4 Å². The van der Waals surface area contributed by atoms with Gasteiger partial charge in [0, 0.05) is 36.8 Å². The van der Waals surface area contributed by atoms with Gasteiger partial charge in [-0.1, -0.05) is 12.1 Å². The number of anilines is 2. The Kier molecular flexibility index (Phi) is 12.2. The Morgan fingerprint density at radius 1 is 1.07 bits per heavy atom. The molecule has 2 aromatic rings. The van der Waals surface area contributed by atoms with Crippen LogP contribution in [0.25, 0.3) is 0 Å². The summed E-state index contributed by atoms with van der Waals surface area (Å²) in [6.45, 7) is 8.62. The second kappa shape index (κ2) is 16.6. The van der Waals surface area contributed by atoms with Gasteiger partial charge < -0.3 is 15.0 Å². The van der Waals surface area contributed by atoms with Crippen molar-refractivity contribution >= 4 is 52.3 Å². The lowest BCUT2D eigenvalue weighted by Crippen LogP contribution is -2.51. The van der Waals surface area contributed by atoms with E-state index in [4.69, 9.17) is 22.2 Å². The van der Waals surface area contributed by atoms with Gasteiger partial charge in [-0.3, -0.25) is 34.3 Å². The standard InChI is InChI=1S/C40H48F3N7O5S/c1-23-17-25(18-24(2)48(23)22-35(52)46-27-7-5-26(6-8-27)31-13-14-34(51)47-36(31)53)15-16-55-30-11-9-28(10-12-30)50-38(56)49(37(54)39(50,3)4)29-19-32(40(41,42)43)33(20-44)45-21-29/h5-8,19,21,23-25,28,30-31H,9-18,22H2,1-4H3,(H,46,52)(H,47,51,53). The molecule has 300 valence electrons. The summed E-state index contributed by atoms with van der Waals surface area (Å²) in [4.78, 5) is 59.2. The number of imide groups is 1. The quantitative estimate of drug-likeness (QED) is 0.215. The summed E-state index contributed by atoms with van der Waals surface area (Å²) in [7, 11) is 0. The first-order valence-corrected chi connectivity index (χ1v) is 19.6. The van der Waals surface area contributed by atoms with Gasteiger partial charge in [0.25, 0.3) is 5.91 Å². The van der Waals surface area contributed by atoms with Gasteiger partial charge in [-0.15, -0.1) is 0 Å². The molecule has 4 aliphatic rings. The van der Waals surface area contributed by atoms with Crippen LogP contribution in [0.15, 0.2) is 36.5 Å². The molecule has 6 rings (SSSR count). The van der Waals surface area contributed by atoms with E-state index in [1.54, 1.807) is 26.0 Å². The topological polar surface area (TPSA) is 148 Å². The average Bonchev–Trinajstić information content (AvgIpc) is 3.32. The lowest BCUT2D eigenvalue weighted by atomic mass is 9.85. The minimum Gasteiger partial charge on any atom is -0.378 e. The number of carbonyl (C=O) groups excluding carboxylic acids is 4. The average molecular weight is 796 g/mol. The molecule has 3 aliphatic heterocycles. The van der Waals surface area contributed by atoms with Crippen LogP contribution in [0.2, 0.25) is 0 Å². The fourth-order valence-electron chi connectivity index (χ4n) is 8.89. The summed E-state index contributed by atoms with van der Waals surface area (Å²) in [5.41, 5.74) is -1.72. The Morgan fingerprint density at radius 2 is 1.73 bits per heavy atom. The van der Waals surface area contributed by atoms with Crippen molar-refractivity contribution in [2.24, 2.45) is 5.92 Å². The number of likely N-dealkylation sites (tertiary alicyclic amines) is 1. The lowest BCUT2D eigenvalue weighted by molar-refractivity contribution is -0.138. The van der Waals surface area contributed by atoms with Crippen molar-refractivity contribution in [3.05, 3.63) is 53.3 Å². The van der Waals surface area contributed by atoms with E-state index in [2.05, 4.69) is 34.4 Å². The molecule has 1 saturated carbocycles. The maximum Gasteiger partial charge on any atom is 0.419 e. The maximum absolute atomic E-state index is 13.7. The summed E-state index contributed by atoms with van der Waals surface area (Å²) in [5.74, 6) is -1.03. The molecule has 0 bridgehead atoms. The van der Waals surface area contributed by atoms with Crippen molar-refractivity contribution in [2.45, 2.75) is 127 Å². The molecule has 4 fully saturated rings. The molecule has 16 heteroatoms. The monoisotopic (exact) mass is 795 g/mol. The molecule has 3 unspecified atom stereocenters. The number of thiocarbonyl (C=S) groups is 1. The molecule has 56 heavy (non-hydrogen) atoms. The van der Waals surface area contributed by atoms with Crippen LogP contribution >= 0.6 is 12.2 Å². The molecule has 2 N–H and O–H groups in total. The number of hydrogen-bond donors (Lipinski definition) is 2. The summed E-state index contributed by atoms with van der Waals surface area (Å²) in [6, 6.07) is 9.75. The number of pyridine rings is 1. The number of rotatable bonds is 10. The number of nitrogens with zero attached hydrogens (tertiary/aromatic N) is 5. The van der Waals surface area contributed by atoms with E-state index in [1.165, 1.54) is 6.07 Å². The number of amides is 4. The van der Waals surface area contributed by atoms with E-state index in [9.17, 15) is 32.3 Å². The second-order valence-corrected chi connectivity index (χ2v) is 16.4. The predicted octanol–water partition coefficient (Wildman–Crippen LogP) is 6.05. The fourth-order valence-corrected chi connectivity index (χ4v) is 9.46. The first kappa shape index (κ1) is 41.2. The van der Waals surface area contributed by atoms with E-state index in [-0.39, 0.29) is 65.2 Å². The van der Waals surface area contributed by atoms with E-state index in [0.717, 1.165) is 54.8 Å². The Bertz CT molecular complexity index is 1880. The van der Waals surface area contributed by atoms with Gasteiger partial charge in [0.1, 0.15) is 11.6 Å². The zero-order valence-electron chi connectivity index (χ0n) is 32.0. The molecular formula is C40H48F3N7O5S. The van der Waals surface area contributed by atoms with Crippen molar-refractivity contribution < 1.29 is 37.1 Å². The normalized spacial score (nSPS) is 27.2. The van der Waals surface area contributed by atoms with Gasteiger partial charge in [-0.05, 0) is 121 Å². The molecule has 3 saturated heterocycles. The Morgan fingerprint density at radius 3 is 2.34 bits per heavy atom. The van der Waals surface area contributed by atoms with Crippen LogP contribution < -0.4 is 15.5 Å². The Hall–Kier alpha value is -4.46. The molecule has 0 radical (unpaired) electrons. The van der Waals surface area contributed by atoms with E-state index in [1.807, 2.05) is 17.0 Å². The third-order valence-electron chi connectivity index (χ3n) is 11.8. The number of ether oxygens (including phenoxy) is 1. The van der Waals surface area contributed by atoms with Gasteiger partial charge >= 0.3 is 6.18 Å². The minimum absolute atomic E-state index is 0.0473. The summed E-state index contributed by atoms with van der Waals surface area (Å²) < 4.78 is 47.4. The lowest BCUT2D eigenvalue weighted by Gasteiger charge is -2.42. The van der Waals surface area contributed by atoms with E-state index in [0.29, 0.717) is 43.9 Å². The van der Waals surface area contributed by atoms with Crippen molar-refractivity contribution in [2.75, 3.05) is 23.4 Å². The SMILES string of the molecule is CC1CC(CCOC2CCC(N3C(=S)N(c4cnc(C#N)c(C(F)(F)F)c4)C(=O)C3(C)C)CC2)CC(C)N1CC(=O)Nc1ccc(C2CCC(=O)NC2=O)cc1. The van der Waals surface area contributed by atoms with E-state index >= 15 is 0 Å². The van der Waals surface area contributed by atoms with Crippen LogP contribution in [0, 0.1) is 17.2 Å². The molecule has 4 heterocycles. The van der Waals surface area contributed by atoms with Gasteiger partial charge in [-0.25, -0.2) is 4.98 Å². The highest BCUT2D eigenvalue weighted by molar-refractivity contribution is 7.80. The number of hydrogen-bond acceptors (Lipinski definition) is 9. The number of piperidine rings is 2. The van der Waals surface area contributed by atoms with Crippen LogP contribution in [-0.2, 0) is 30.1 Å². The largest absolute Gasteiger partial charge is 0.419 e. The number of carbonyl (C=O) groups is 4. The summed E-state index contributed by atoms with van der Waals surface area (Å²) in [6.07, 6.45) is 2.79. The highest BCUT2D eigenvalue weighted by Gasteiger charge is 2.53.